The summed E-state index contributed by atoms with van der Waals surface area (Å²) in [6.07, 6.45) is 5.49. The zero-order valence-electron chi connectivity index (χ0n) is 6.55. The van der Waals surface area contributed by atoms with Crippen LogP contribution < -0.4 is 4.74 Å². The van der Waals surface area contributed by atoms with Gasteiger partial charge >= 0.3 is 0 Å². The van der Waals surface area contributed by atoms with Crippen molar-refractivity contribution < 1.29 is 4.74 Å². The zero-order chi connectivity index (χ0) is 7.68. The molecule has 0 fully saturated rings. The number of benzene rings is 1. The van der Waals surface area contributed by atoms with Crippen LogP contribution in [0.1, 0.15) is 17.5 Å². The van der Waals surface area contributed by atoms with E-state index in [1.54, 1.807) is 7.11 Å². The van der Waals surface area contributed by atoms with Crippen LogP contribution in [-0.2, 0) is 6.42 Å². The fraction of sp³-hybridized carbons (Fsp3) is 0.300. The molecule has 56 valence electrons. The molecule has 0 bridgehead atoms. The topological polar surface area (TPSA) is 9.23 Å². The second kappa shape index (κ2) is 2.57. The highest BCUT2D eigenvalue weighted by molar-refractivity contribution is 5.43. The second-order valence-corrected chi connectivity index (χ2v) is 2.70. The van der Waals surface area contributed by atoms with E-state index in [1.165, 1.54) is 11.1 Å². The van der Waals surface area contributed by atoms with E-state index in [0.29, 0.717) is 0 Å². The number of rotatable bonds is 1. The minimum atomic E-state index is 0.929. The van der Waals surface area contributed by atoms with Crippen LogP contribution in [0, 0.1) is 6.42 Å². The average molecular weight is 146 g/mol. The van der Waals surface area contributed by atoms with Crippen molar-refractivity contribution >= 4 is 0 Å². The molecule has 1 heteroatoms. The lowest BCUT2D eigenvalue weighted by atomic mass is 10.1. The molecule has 0 saturated carbocycles. The summed E-state index contributed by atoms with van der Waals surface area (Å²) in [5, 5.41) is 0. The zero-order valence-corrected chi connectivity index (χ0v) is 6.55. The van der Waals surface area contributed by atoms with Crippen molar-refractivity contribution in [2.75, 3.05) is 7.11 Å². The van der Waals surface area contributed by atoms with Gasteiger partial charge in [0.1, 0.15) is 5.75 Å². The van der Waals surface area contributed by atoms with E-state index in [-0.39, 0.29) is 0 Å². The van der Waals surface area contributed by atoms with Gasteiger partial charge in [-0.3, -0.25) is 0 Å². The van der Waals surface area contributed by atoms with E-state index in [4.69, 9.17) is 4.74 Å². The van der Waals surface area contributed by atoms with E-state index in [2.05, 4.69) is 12.5 Å². The van der Waals surface area contributed by atoms with Gasteiger partial charge in [0.15, 0.2) is 0 Å². The number of fused-ring (bicyclic) bond motifs is 1. The largest absolute Gasteiger partial charge is 0.497 e. The molecule has 1 aromatic carbocycles. The molecule has 1 nitrogen and oxygen atoms in total. The maximum atomic E-state index is 5.10. The van der Waals surface area contributed by atoms with Gasteiger partial charge in [-0.25, -0.2) is 0 Å². The van der Waals surface area contributed by atoms with Crippen molar-refractivity contribution in [3.8, 4) is 5.75 Å². The first-order valence-corrected chi connectivity index (χ1v) is 3.81. The quantitative estimate of drug-likeness (QED) is 0.589. The summed E-state index contributed by atoms with van der Waals surface area (Å²) in [4.78, 5) is 0. The standard InChI is InChI=1S/C10H10O/c1-11-10-6-5-8-3-2-4-9(8)7-10/h5-7H,2-3H2,1H3. The minimum absolute atomic E-state index is 0.929. The maximum Gasteiger partial charge on any atom is 0.119 e. The number of hydrogen-bond acceptors (Lipinski definition) is 1. The lowest BCUT2D eigenvalue weighted by Gasteiger charge is -2.01. The van der Waals surface area contributed by atoms with Crippen LogP contribution in [0.2, 0.25) is 0 Å². The molecule has 1 aliphatic carbocycles. The summed E-state index contributed by atoms with van der Waals surface area (Å²) in [6.45, 7) is 0. The molecular weight excluding hydrogens is 136 g/mol. The molecule has 11 heavy (non-hydrogen) atoms. The molecule has 0 aromatic heterocycles. The first kappa shape index (κ1) is 6.71. The molecule has 0 N–H and O–H groups in total. The van der Waals surface area contributed by atoms with E-state index in [1.807, 2.05) is 12.1 Å². The van der Waals surface area contributed by atoms with Gasteiger partial charge in [-0.15, -0.1) is 0 Å². The monoisotopic (exact) mass is 146 g/mol. The highest BCUT2D eigenvalue weighted by Crippen LogP contribution is 2.26. The van der Waals surface area contributed by atoms with Crippen LogP contribution in [0.4, 0.5) is 0 Å². The highest BCUT2D eigenvalue weighted by atomic mass is 16.5. The van der Waals surface area contributed by atoms with Gasteiger partial charge in [0.05, 0.1) is 7.11 Å². The normalized spacial score (nSPS) is 14.6. The van der Waals surface area contributed by atoms with Crippen LogP contribution >= 0.6 is 0 Å². The summed E-state index contributed by atoms with van der Waals surface area (Å²) in [7, 11) is 1.69. The van der Waals surface area contributed by atoms with Gasteiger partial charge in [-0.05, 0) is 36.1 Å². The highest BCUT2D eigenvalue weighted by Gasteiger charge is 2.11. The van der Waals surface area contributed by atoms with E-state index in [0.717, 1.165) is 18.6 Å². The fourth-order valence-electron chi connectivity index (χ4n) is 1.40. The summed E-state index contributed by atoms with van der Waals surface area (Å²) in [6, 6.07) is 6.17. The van der Waals surface area contributed by atoms with Gasteiger partial charge in [-0.1, -0.05) is 6.07 Å². The smallest absolute Gasteiger partial charge is 0.119 e. The molecule has 0 aliphatic heterocycles. The maximum absolute atomic E-state index is 5.10. The van der Waals surface area contributed by atoms with E-state index < -0.39 is 0 Å². The van der Waals surface area contributed by atoms with Crippen molar-refractivity contribution in [2.45, 2.75) is 12.8 Å². The Balaban J connectivity index is 2.41. The Kier molecular flexibility index (Phi) is 1.57. The predicted molar refractivity (Wildman–Crippen MR) is 43.7 cm³/mol. The summed E-state index contributed by atoms with van der Waals surface area (Å²) >= 11 is 0. The van der Waals surface area contributed by atoms with Gasteiger partial charge < -0.3 is 4.74 Å². The van der Waals surface area contributed by atoms with E-state index in [9.17, 15) is 0 Å². The molecule has 0 heterocycles. The van der Waals surface area contributed by atoms with E-state index >= 15 is 0 Å². The number of methoxy groups -OCH3 is 1. The Bertz CT molecular complexity index is 266. The molecule has 0 spiro atoms. The first-order chi connectivity index (χ1) is 5.40. The SMILES string of the molecule is COc1ccc2c(c1)[C]CC2. The van der Waals surface area contributed by atoms with Crippen LogP contribution in [0.5, 0.6) is 5.75 Å². The molecule has 2 rings (SSSR count). The Hall–Kier alpha value is -0.980. The average Bonchev–Trinajstić information content (AvgIpc) is 2.50. The summed E-state index contributed by atoms with van der Waals surface area (Å²) in [5.41, 5.74) is 2.62. The fourth-order valence-corrected chi connectivity index (χ4v) is 1.40. The lowest BCUT2D eigenvalue weighted by Crippen LogP contribution is -1.85. The van der Waals surface area contributed by atoms with Crippen LogP contribution in [0.3, 0.4) is 0 Å². The van der Waals surface area contributed by atoms with Gasteiger partial charge in [0.25, 0.3) is 0 Å². The lowest BCUT2D eigenvalue weighted by molar-refractivity contribution is 0.414. The Morgan fingerprint density at radius 2 is 2.36 bits per heavy atom. The molecule has 2 radical (unpaired) electrons. The van der Waals surface area contributed by atoms with Crippen molar-refractivity contribution in [3.63, 3.8) is 0 Å². The molecule has 0 atom stereocenters. The van der Waals surface area contributed by atoms with Crippen molar-refractivity contribution in [2.24, 2.45) is 0 Å². The summed E-state index contributed by atoms with van der Waals surface area (Å²) in [5.74, 6) is 0.929. The third kappa shape index (κ3) is 1.11. The van der Waals surface area contributed by atoms with Gasteiger partial charge in [0.2, 0.25) is 0 Å². The molecular formula is C10H10O. The van der Waals surface area contributed by atoms with Gasteiger partial charge in [0, 0.05) is 6.42 Å². The molecule has 1 aliphatic rings. The second-order valence-electron chi connectivity index (χ2n) is 2.70. The summed E-state index contributed by atoms with van der Waals surface area (Å²) < 4.78 is 5.10. The Morgan fingerprint density at radius 3 is 3.18 bits per heavy atom. The predicted octanol–water partition coefficient (Wildman–Crippen LogP) is 2.07. The number of ether oxygens (including phenoxy) is 1. The molecule has 1 aromatic rings. The van der Waals surface area contributed by atoms with Crippen molar-refractivity contribution in [3.05, 3.63) is 35.7 Å². The number of hydrogen-bond donors (Lipinski definition) is 0. The van der Waals surface area contributed by atoms with Crippen LogP contribution in [0.15, 0.2) is 18.2 Å². The minimum Gasteiger partial charge on any atom is -0.497 e. The Labute approximate surface area is 67.0 Å². The number of aryl methyl sites for hydroxylation is 1. The Morgan fingerprint density at radius 1 is 1.45 bits per heavy atom. The van der Waals surface area contributed by atoms with Gasteiger partial charge in [-0.2, -0.15) is 0 Å². The van der Waals surface area contributed by atoms with Crippen LogP contribution in [0.25, 0.3) is 0 Å². The van der Waals surface area contributed by atoms with Crippen LogP contribution in [-0.4, -0.2) is 7.11 Å². The third-order valence-corrected chi connectivity index (χ3v) is 2.03. The third-order valence-electron chi connectivity index (χ3n) is 2.03. The van der Waals surface area contributed by atoms with Crippen molar-refractivity contribution in [1.29, 1.82) is 0 Å². The first-order valence-electron chi connectivity index (χ1n) is 3.81. The molecule has 0 amide bonds. The van der Waals surface area contributed by atoms with Crippen molar-refractivity contribution in [1.82, 2.24) is 0 Å². The molecule has 0 unspecified atom stereocenters. The molecule has 0 saturated heterocycles.